The molecule has 2 heterocycles. The zero-order chi connectivity index (χ0) is 20.4. The van der Waals surface area contributed by atoms with Crippen LogP contribution in [0.1, 0.15) is 23.1 Å². The molecule has 0 saturated carbocycles. The molecule has 0 radical (unpaired) electrons. The maximum Gasteiger partial charge on any atom is 0.238 e. The van der Waals surface area contributed by atoms with E-state index >= 15 is 0 Å². The number of anilines is 2. The molecule has 5 heteroatoms. The fourth-order valence-corrected chi connectivity index (χ4v) is 4.17. The highest BCUT2D eigenvalue weighted by Gasteiger charge is 2.50. The van der Waals surface area contributed by atoms with Crippen LogP contribution in [0, 0.1) is 6.92 Å². The standard InChI is InChI=1S/C24H23N3O2/c1-17-12-19(16-25-15-17)26-22(28)14-24(13-18-8-4-3-5-9-18)20-10-6-7-11-21(20)27(2)23(24)29/h3-12,15-16H,13-14H2,1-2H3,(H,26,28)/t24-/m1/s1. The highest BCUT2D eigenvalue weighted by molar-refractivity contribution is 6.10. The Kier molecular flexibility index (Phi) is 4.89. The molecule has 146 valence electrons. The third-order valence-corrected chi connectivity index (χ3v) is 5.46. The number of likely N-dealkylation sites (N-methyl/N-ethyl adjacent to an activating group) is 1. The Morgan fingerprint density at radius 2 is 1.79 bits per heavy atom. The van der Waals surface area contributed by atoms with Gasteiger partial charge < -0.3 is 10.2 Å². The van der Waals surface area contributed by atoms with Gasteiger partial charge in [-0.3, -0.25) is 14.6 Å². The Morgan fingerprint density at radius 1 is 1.07 bits per heavy atom. The highest BCUT2D eigenvalue weighted by Crippen LogP contribution is 2.45. The summed E-state index contributed by atoms with van der Waals surface area (Å²) in [7, 11) is 1.77. The minimum absolute atomic E-state index is 0.0555. The Morgan fingerprint density at radius 3 is 2.55 bits per heavy atom. The van der Waals surface area contributed by atoms with Gasteiger partial charge in [-0.15, -0.1) is 0 Å². The first kappa shape index (κ1) is 18.9. The van der Waals surface area contributed by atoms with E-state index in [-0.39, 0.29) is 18.2 Å². The van der Waals surface area contributed by atoms with Gasteiger partial charge in [-0.1, -0.05) is 48.5 Å². The maximum absolute atomic E-state index is 13.5. The van der Waals surface area contributed by atoms with Crippen LogP contribution in [-0.4, -0.2) is 23.8 Å². The molecule has 1 atom stereocenters. The summed E-state index contributed by atoms with van der Waals surface area (Å²) < 4.78 is 0. The number of rotatable bonds is 5. The van der Waals surface area contributed by atoms with Gasteiger partial charge >= 0.3 is 0 Å². The van der Waals surface area contributed by atoms with Gasteiger partial charge in [0.25, 0.3) is 0 Å². The molecule has 1 aromatic heterocycles. The number of amides is 2. The predicted octanol–water partition coefficient (Wildman–Crippen LogP) is 3.88. The summed E-state index contributed by atoms with van der Waals surface area (Å²) in [4.78, 5) is 32.3. The molecular formula is C24H23N3O2. The van der Waals surface area contributed by atoms with Gasteiger partial charge in [0.05, 0.1) is 17.3 Å². The first-order chi connectivity index (χ1) is 14.0. The number of carbonyl (C=O) groups excluding carboxylic acids is 2. The number of fused-ring (bicyclic) bond motifs is 1. The predicted molar refractivity (Wildman–Crippen MR) is 114 cm³/mol. The van der Waals surface area contributed by atoms with Crippen molar-refractivity contribution in [3.63, 3.8) is 0 Å². The van der Waals surface area contributed by atoms with E-state index in [4.69, 9.17) is 0 Å². The van der Waals surface area contributed by atoms with Crippen molar-refractivity contribution in [1.29, 1.82) is 0 Å². The Bertz CT molecular complexity index is 1060. The monoisotopic (exact) mass is 385 g/mol. The molecule has 0 aliphatic carbocycles. The van der Waals surface area contributed by atoms with Crippen LogP contribution in [0.4, 0.5) is 11.4 Å². The third-order valence-electron chi connectivity index (χ3n) is 5.46. The Labute approximate surface area is 170 Å². The summed E-state index contributed by atoms with van der Waals surface area (Å²) in [6.07, 6.45) is 3.88. The molecule has 1 aliphatic rings. The van der Waals surface area contributed by atoms with Gasteiger partial charge in [-0.2, -0.15) is 0 Å². The molecule has 1 aliphatic heterocycles. The molecular weight excluding hydrogens is 362 g/mol. The van der Waals surface area contributed by atoms with Crippen molar-refractivity contribution in [2.24, 2.45) is 0 Å². The molecule has 29 heavy (non-hydrogen) atoms. The highest BCUT2D eigenvalue weighted by atomic mass is 16.2. The molecule has 0 spiro atoms. The van der Waals surface area contributed by atoms with E-state index in [9.17, 15) is 9.59 Å². The summed E-state index contributed by atoms with van der Waals surface area (Å²) in [5.41, 5.74) is 3.44. The fraction of sp³-hybridized carbons (Fsp3) is 0.208. The second kappa shape index (κ2) is 7.51. The zero-order valence-corrected chi connectivity index (χ0v) is 16.6. The molecule has 0 bridgehead atoms. The molecule has 3 aromatic rings. The Balaban J connectivity index is 1.72. The molecule has 0 saturated heterocycles. The van der Waals surface area contributed by atoms with Crippen molar-refractivity contribution in [3.8, 4) is 0 Å². The van der Waals surface area contributed by atoms with Crippen molar-refractivity contribution < 1.29 is 9.59 Å². The number of pyridine rings is 1. The van der Waals surface area contributed by atoms with E-state index in [0.717, 1.165) is 22.4 Å². The van der Waals surface area contributed by atoms with E-state index in [0.29, 0.717) is 12.1 Å². The van der Waals surface area contributed by atoms with Crippen molar-refractivity contribution in [1.82, 2.24) is 4.98 Å². The van der Waals surface area contributed by atoms with Gasteiger partial charge in [-0.05, 0) is 42.2 Å². The van der Waals surface area contributed by atoms with Crippen LogP contribution in [0.2, 0.25) is 0 Å². The number of hydrogen-bond acceptors (Lipinski definition) is 3. The van der Waals surface area contributed by atoms with Gasteiger partial charge in [-0.25, -0.2) is 0 Å². The number of aromatic nitrogens is 1. The number of carbonyl (C=O) groups is 2. The van der Waals surface area contributed by atoms with E-state index < -0.39 is 5.41 Å². The topological polar surface area (TPSA) is 62.3 Å². The lowest BCUT2D eigenvalue weighted by Gasteiger charge is -2.28. The van der Waals surface area contributed by atoms with Crippen LogP contribution >= 0.6 is 0 Å². The average Bonchev–Trinajstić information content (AvgIpc) is 2.91. The molecule has 5 nitrogen and oxygen atoms in total. The third kappa shape index (κ3) is 3.51. The van der Waals surface area contributed by atoms with E-state index in [1.165, 1.54) is 0 Å². The van der Waals surface area contributed by atoms with Crippen LogP contribution in [0.25, 0.3) is 0 Å². The molecule has 0 fully saturated rings. The first-order valence-corrected chi connectivity index (χ1v) is 9.63. The number of benzene rings is 2. The van der Waals surface area contributed by atoms with Crippen molar-refractivity contribution >= 4 is 23.2 Å². The maximum atomic E-state index is 13.5. The molecule has 4 rings (SSSR count). The summed E-state index contributed by atoms with van der Waals surface area (Å²) in [6, 6.07) is 19.5. The number of nitrogens with one attached hydrogen (secondary N) is 1. The summed E-state index contributed by atoms with van der Waals surface area (Å²) in [5.74, 6) is -0.258. The van der Waals surface area contributed by atoms with Crippen LogP contribution in [-0.2, 0) is 21.4 Å². The molecule has 2 amide bonds. The fourth-order valence-electron chi connectivity index (χ4n) is 4.17. The average molecular weight is 385 g/mol. The van der Waals surface area contributed by atoms with Crippen LogP contribution in [0.3, 0.4) is 0 Å². The van der Waals surface area contributed by atoms with Gasteiger partial charge in [0.2, 0.25) is 11.8 Å². The lowest BCUT2D eigenvalue weighted by atomic mass is 9.73. The second-order valence-electron chi connectivity index (χ2n) is 7.60. The smallest absolute Gasteiger partial charge is 0.238 e. The van der Waals surface area contributed by atoms with Gasteiger partial charge in [0.15, 0.2) is 0 Å². The minimum Gasteiger partial charge on any atom is -0.325 e. The number of nitrogens with zero attached hydrogens (tertiary/aromatic N) is 2. The molecule has 1 N–H and O–H groups in total. The molecule has 0 unspecified atom stereocenters. The number of aryl methyl sites for hydroxylation is 1. The van der Waals surface area contributed by atoms with Gasteiger partial charge in [0.1, 0.15) is 0 Å². The quantitative estimate of drug-likeness (QED) is 0.725. The first-order valence-electron chi connectivity index (χ1n) is 9.63. The van der Waals surface area contributed by atoms with Crippen LogP contribution in [0.5, 0.6) is 0 Å². The van der Waals surface area contributed by atoms with Crippen molar-refractivity contribution in [2.75, 3.05) is 17.3 Å². The zero-order valence-electron chi connectivity index (χ0n) is 16.6. The largest absolute Gasteiger partial charge is 0.325 e. The summed E-state index contributed by atoms with van der Waals surface area (Å²) in [6.45, 7) is 1.92. The second-order valence-corrected chi connectivity index (χ2v) is 7.60. The van der Waals surface area contributed by atoms with Crippen LogP contribution in [0.15, 0.2) is 73.1 Å². The lowest BCUT2D eigenvalue weighted by molar-refractivity contribution is -0.127. The van der Waals surface area contributed by atoms with E-state index in [1.807, 2.05) is 67.6 Å². The number of para-hydroxylation sites is 1. The van der Waals surface area contributed by atoms with Crippen LogP contribution < -0.4 is 10.2 Å². The number of hydrogen-bond donors (Lipinski definition) is 1. The minimum atomic E-state index is -0.936. The van der Waals surface area contributed by atoms with Gasteiger partial charge in [0, 0.05) is 25.4 Å². The summed E-state index contributed by atoms with van der Waals surface area (Å²) >= 11 is 0. The van der Waals surface area contributed by atoms with E-state index in [1.54, 1.807) is 24.3 Å². The van der Waals surface area contributed by atoms with Crippen molar-refractivity contribution in [2.45, 2.75) is 25.2 Å². The summed E-state index contributed by atoms with van der Waals surface area (Å²) in [5, 5.41) is 2.91. The normalized spacial score (nSPS) is 17.9. The molecule has 2 aromatic carbocycles. The lowest BCUT2D eigenvalue weighted by Crippen LogP contribution is -2.43. The van der Waals surface area contributed by atoms with Crippen molar-refractivity contribution in [3.05, 3.63) is 89.7 Å². The Hall–Kier alpha value is -3.47. The SMILES string of the molecule is Cc1cncc(NC(=O)C[C@@]2(Cc3ccccc3)C(=O)N(C)c3ccccc32)c1. The van der Waals surface area contributed by atoms with E-state index in [2.05, 4.69) is 10.3 Å².